The van der Waals surface area contributed by atoms with Gasteiger partial charge in [0, 0.05) is 5.69 Å². The third-order valence-electron chi connectivity index (χ3n) is 3.21. The van der Waals surface area contributed by atoms with Gasteiger partial charge >= 0.3 is 0 Å². The lowest BCUT2D eigenvalue weighted by Crippen LogP contribution is -2.40. The number of carbonyl (C=O) groups is 2. The molecule has 0 aliphatic rings. The van der Waals surface area contributed by atoms with Crippen LogP contribution in [0.5, 0.6) is 0 Å². The van der Waals surface area contributed by atoms with Gasteiger partial charge in [-0.2, -0.15) is 11.8 Å². The number of amides is 2. The van der Waals surface area contributed by atoms with Crippen LogP contribution in [-0.2, 0) is 9.59 Å². The van der Waals surface area contributed by atoms with Gasteiger partial charge in [-0.1, -0.05) is 30.3 Å². The first kappa shape index (κ1) is 15.4. The average molecular weight is 302 g/mol. The van der Waals surface area contributed by atoms with Gasteiger partial charge in [-0.3, -0.25) is 9.59 Å². The van der Waals surface area contributed by atoms with Crippen molar-refractivity contribution >= 4 is 40.5 Å². The van der Waals surface area contributed by atoms with Crippen LogP contribution in [0.2, 0.25) is 0 Å². The van der Waals surface area contributed by atoms with Crippen LogP contribution in [0.1, 0.15) is 6.42 Å². The van der Waals surface area contributed by atoms with E-state index in [1.807, 2.05) is 48.7 Å². The van der Waals surface area contributed by atoms with Gasteiger partial charge in [0.2, 0.25) is 12.3 Å². The van der Waals surface area contributed by atoms with E-state index in [0.717, 1.165) is 22.2 Å². The normalized spacial score (nSPS) is 11.9. The summed E-state index contributed by atoms with van der Waals surface area (Å²) in [5.74, 6) is 0.628. The smallest absolute Gasteiger partial charge is 0.246 e. The standard InChI is InChI=1S/C16H18N2O2S/c1-21-9-8-15(17-11-19)16(20)18-14-7-6-12-4-2-3-5-13(12)10-14/h2-7,10-11,15H,8-9H2,1H3,(H,17,19)(H,18,20). The molecule has 5 heteroatoms. The zero-order chi connectivity index (χ0) is 15.1. The lowest BCUT2D eigenvalue weighted by Gasteiger charge is -2.15. The quantitative estimate of drug-likeness (QED) is 0.773. The van der Waals surface area contributed by atoms with Gasteiger partial charge in [0.05, 0.1) is 0 Å². The minimum atomic E-state index is -0.499. The second kappa shape index (κ2) is 7.69. The van der Waals surface area contributed by atoms with Crippen molar-refractivity contribution in [3.05, 3.63) is 42.5 Å². The second-order valence-electron chi connectivity index (χ2n) is 4.67. The average Bonchev–Trinajstić information content (AvgIpc) is 2.51. The summed E-state index contributed by atoms with van der Waals surface area (Å²) in [6.07, 6.45) is 3.16. The van der Waals surface area contributed by atoms with Crippen molar-refractivity contribution in [1.82, 2.24) is 5.32 Å². The van der Waals surface area contributed by atoms with Gasteiger partial charge in [0.15, 0.2) is 0 Å². The Bertz CT molecular complexity index is 630. The highest BCUT2D eigenvalue weighted by Crippen LogP contribution is 2.19. The van der Waals surface area contributed by atoms with Crippen LogP contribution >= 0.6 is 11.8 Å². The van der Waals surface area contributed by atoms with E-state index in [2.05, 4.69) is 10.6 Å². The Kier molecular flexibility index (Phi) is 5.63. The van der Waals surface area contributed by atoms with Crippen molar-refractivity contribution in [2.45, 2.75) is 12.5 Å². The highest BCUT2D eigenvalue weighted by Gasteiger charge is 2.17. The van der Waals surface area contributed by atoms with E-state index in [1.54, 1.807) is 11.8 Å². The first-order valence-corrected chi connectivity index (χ1v) is 8.12. The van der Waals surface area contributed by atoms with E-state index < -0.39 is 6.04 Å². The molecule has 0 aliphatic carbocycles. The summed E-state index contributed by atoms with van der Waals surface area (Å²) in [4.78, 5) is 22.8. The predicted octanol–water partition coefficient (Wildman–Crippen LogP) is 2.65. The van der Waals surface area contributed by atoms with Crippen LogP contribution in [0.3, 0.4) is 0 Å². The summed E-state index contributed by atoms with van der Waals surface area (Å²) >= 11 is 1.65. The third-order valence-corrected chi connectivity index (χ3v) is 3.86. The van der Waals surface area contributed by atoms with Crippen molar-refractivity contribution in [2.75, 3.05) is 17.3 Å². The zero-order valence-corrected chi connectivity index (χ0v) is 12.7. The minimum absolute atomic E-state index is 0.188. The largest absolute Gasteiger partial charge is 0.347 e. The molecule has 0 radical (unpaired) electrons. The summed E-state index contributed by atoms with van der Waals surface area (Å²) < 4.78 is 0. The van der Waals surface area contributed by atoms with E-state index in [1.165, 1.54) is 0 Å². The molecule has 2 N–H and O–H groups in total. The van der Waals surface area contributed by atoms with E-state index in [4.69, 9.17) is 0 Å². The molecule has 0 aromatic heterocycles. The lowest BCUT2D eigenvalue weighted by atomic mass is 10.1. The fourth-order valence-corrected chi connectivity index (χ4v) is 2.58. The molecule has 0 spiro atoms. The van der Waals surface area contributed by atoms with E-state index in [0.29, 0.717) is 12.8 Å². The molecule has 0 saturated carbocycles. The maximum atomic E-state index is 12.2. The fraction of sp³-hybridized carbons (Fsp3) is 0.250. The monoisotopic (exact) mass is 302 g/mol. The summed E-state index contributed by atoms with van der Waals surface area (Å²) in [5, 5.41) is 7.62. The van der Waals surface area contributed by atoms with Crippen LogP contribution < -0.4 is 10.6 Å². The van der Waals surface area contributed by atoms with Crippen LogP contribution in [-0.4, -0.2) is 30.4 Å². The minimum Gasteiger partial charge on any atom is -0.347 e. The van der Waals surface area contributed by atoms with Crippen LogP contribution in [0, 0.1) is 0 Å². The molecule has 0 heterocycles. The molecule has 110 valence electrons. The number of fused-ring (bicyclic) bond motifs is 1. The van der Waals surface area contributed by atoms with Crippen LogP contribution in [0.4, 0.5) is 5.69 Å². The number of thioether (sulfide) groups is 1. The molecule has 21 heavy (non-hydrogen) atoms. The first-order valence-electron chi connectivity index (χ1n) is 6.73. The van der Waals surface area contributed by atoms with Crippen molar-refractivity contribution in [3.63, 3.8) is 0 Å². The summed E-state index contributed by atoms with van der Waals surface area (Å²) in [7, 11) is 0. The molecule has 2 aromatic rings. The number of anilines is 1. The first-order chi connectivity index (χ1) is 10.2. The second-order valence-corrected chi connectivity index (χ2v) is 5.66. The number of nitrogens with one attached hydrogen (secondary N) is 2. The lowest BCUT2D eigenvalue weighted by molar-refractivity contribution is -0.121. The Hall–Kier alpha value is -2.01. The number of carbonyl (C=O) groups excluding carboxylic acids is 2. The van der Waals surface area contributed by atoms with Gasteiger partial charge in [-0.25, -0.2) is 0 Å². The Morgan fingerprint density at radius 2 is 2.00 bits per heavy atom. The Morgan fingerprint density at radius 3 is 2.71 bits per heavy atom. The number of hydrogen-bond acceptors (Lipinski definition) is 3. The topological polar surface area (TPSA) is 58.2 Å². The molecular formula is C16H18N2O2S. The Balaban J connectivity index is 2.09. The molecule has 0 aliphatic heterocycles. The summed E-state index contributed by atoms with van der Waals surface area (Å²) in [6, 6.07) is 13.2. The van der Waals surface area contributed by atoms with Crippen molar-refractivity contribution in [1.29, 1.82) is 0 Å². The highest BCUT2D eigenvalue weighted by molar-refractivity contribution is 7.98. The van der Waals surface area contributed by atoms with Gasteiger partial charge in [0.25, 0.3) is 0 Å². The maximum Gasteiger partial charge on any atom is 0.246 e. The summed E-state index contributed by atoms with van der Waals surface area (Å²) in [6.45, 7) is 0. The Morgan fingerprint density at radius 1 is 1.24 bits per heavy atom. The molecule has 0 saturated heterocycles. The molecule has 1 atom stereocenters. The van der Waals surface area contributed by atoms with Crippen molar-refractivity contribution in [2.24, 2.45) is 0 Å². The third kappa shape index (κ3) is 4.23. The van der Waals surface area contributed by atoms with Gasteiger partial charge in [0.1, 0.15) is 6.04 Å². The number of hydrogen-bond donors (Lipinski definition) is 2. The van der Waals surface area contributed by atoms with E-state index >= 15 is 0 Å². The number of rotatable bonds is 7. The molecule has 2 aromatic carbocycles. The van der Waals surface area contributed by atoms with E-state index in [-0.39, 0.29) is 5.91 Å². The van der Waals surface area contributed by atoms with E-state index in [9.17, 15) is 9.59 Å². The zero-order valence-electron chi connectivity index (χ0n) is 11.8. The molecule has 4 nitrogen and oxygen atoms in total. The fourth-order valence-electron chi connectivity index (χ4n) is 2.10. The SMILES string of the molecule is CSCCC(NC=O)C(=O)Nc1ccc2ccccc2c1. The maximum absolute atomic E-state index is 12.2. The molecular weight excluding hydrogens is 284 g/mol. The molecule has 1 unspecified atom stereocenters. The molecule has 0 fully saturated rings. The molecule has 2 amide bonds. The molecule has 2 rings (SSSR count). The predicted molar refractivity (Wildman–Crippen MR) is 88.6 cm³/mol. The van der Waals surface area contributed by atoms with Gasteiger partial charge < -0.3 is 10.6 Å². The van der Waals surface area contributed by atoms with Crippen LogP contribution in [0.15, 0.2) is 42.5 Å². The van der Waals surface area contributed by atoms with Gasteiger partial charge in [-0.15, -0.1) is 0 Å². The summed E-state index contributed by atoms with van der Waals surface area (Å²) in [5.41, 5.74) is 0.737. The number of benzene rings is 2. The van der Waals surface area contributed by atoms with Crippen molar-refractivity contribution in [3.8, 4) is 0 Å². The van der Waals surface area contributed by atoms with Crippen molar-refractivity contribution < 1.29 is 9.59 Å². The Labute approximate surface area is 128 Å². The highest BCUT2D eigenvalue weighted by atomic mass is 32.2. The van der Waals surface area contributed by atoms with Gasteiger partial charge in [-0.05, 0) is 41.3 Å². The van der Waals surface area contributed by atoms with Crippen LogP contribution in [0.25, 0.3) is 10.8 Å². The molecule has 0 bridgehead atoms.